The van der Waals surface area contributed by atoms with Crippen LogP contribution in [0.15, 0.2) is 48.8 Å². The largest absolute Gasteiger partial charge is 0.495 e. The van der Waals surface area contributed by atoms with Crippen molar-refractivity contribution >= 4 is 15.7 Å². The Labute approximate surface area is 191 Å². The van der Waals surface area contributed by atoms with Crippen LogP contribution in [0.5, 0.6) is 5.75 Å². The van der Waals surface area contributed by atoms with E-state index in [9.17, 15) is 8.42 Å². The van der Waals surface area contributed by atoms with E-state index in [0.29, 0.717) is 18.3 Å². The molecule has 1 saturated carbocycles. The first-order valence-corrected chi connectivity index (χ1v) is 13.2. The lowest BCUT2D eigenvalue weighted by atomic mass is 9.83. The molecule has 8 heteroatoms. The highest BCUT2D eigenvalue weighted by Gasteiger charge is 2.37. The van der Waals surface area contributed by atoms with E-state index in [1.54, 1.807) is 19.5 Å². The van der Waals surface area contributed by atoms with Crippen LogP contribution in [-0.4, -0.2) is 58.1 Å². The van der Waals surface area contributed by atoms with Crippen molar-refractivity contribution in [2.24, 2.45) is 0 Å². The summed E-state index contributed by atoms with van der Waals surface area (Å²) < 4.78 is 38.4. The lowest BCUT2D eigenvalue weighted by Gasteiger charge is -2.33. The van der Waals surface area contributed by atoms with Crippen LogP contribution in [0.2, 0.25) is 0 Å². The number of sulfonamides is 1. The average molecular weight is 460 g/mol. The number of rotatable bonds is 8. The van der Waals surface area contributed by atoms with Crippen molar-refractivity contribution < 1.29 is 17.9 Å². The van der Waals surface area contributed by atoms with Crippen LogP contribution in [-0.2, 0) is 14.8 Å². The van der Waals surface area contributed by atoms with Crippen molar-refractivity contribution in [3.8, 4) is 5.75 Å². The van der Waals surface area contributed by atoms with Gasteiger partial charge in [-0.1, -0.05) is 30.3 Å². The van der Waals surface area contributed by atoms with E-state index >= 15 is 0 Å². The third-order valence-corrected chi connectivity index (χ3v) is 7.36. The molecule has 2 fully saturated rings. The summed E-state index contributed by atoms with van der Waals surface area (Å²) in [5.74, 6) is 1.28. The summed E-state index contributed by atoms with van der Waals surface area (Å²) in [4.78, 5) is 6.46. The van der Waals surface area contributed by atoms with Crippen molar-refractivity contribution in [3.63, 3.8) is 0 Å². The van der Waals surface area contributed by atoms with Gasteiger partial charge in [0.2, 0.25) is 10.0 Å². The van der Waals surface area contributed by atoms with E-state index < -0.39 is 10.0 Å². The normalized spacial score (nSPS) is 26.2. The number of benzene rings is 1. The van der Waals surface area contributed by atoms with Crippen LogP contribution in [0, 0.1) is 0 Å². The van der Waals surface area contributed by atoms with E-state index in [-0.39, 0.29) is 18.2 Å². The van der Waals surface area contributed by atoms with Gasteiger partial charge < -0.3 is 14.4 Å². The average Bonchev–Trinajstić information content (AvgIpc) is 3.19. The highest BCUT2D eigenvalue weighted by Crippen LogP contribution is 2.35. The Hall–Kier alpha value is -2.16. The predicted molar refractivity (Wildman–Crippen MR) is 126 cm³/mol. The Morgan fingerprint density at radius 2 is 1.84 bits per heavy atom. The predicted octanol–water partition coefficient (Wildman–Crippen LogP) is 3.33. The molecule has 2 heterocycles. The minimum absolute atomic E-state index is 0.0922. The number of hydrogen-bond acceptors (Lipinski definition) is 6. The van der Waals surface area contributed by atoms with Crippen molar-refractivity contribution in [3.05, 3.63) is 54.4 Å². The topological polar surface area (TPSA) is 80.8 Å². The maximum atomic E-state index is 12.0. The van der Waals surface area contributed by atoms with E-state index in [4.69, 9.17) is 9.47 Å². The molecule has 0 unspecified atom stereocenters. The quantitative estimate of drug-likeness (QED) is 0.652. The van der Waals surface area contributed by atoms with Gasteiger partial charge in [0.25, 0.3) is 0 Å². The van der Waals surface area contributed by atoms with Gasteiger partial charge in [-0.15, -0.1) is 0 Å². The minimum atomic E-state index is -3.31. The molecule has 0 radical (unpaired) electrons. The van der Waals surface area contributed by atoms with Crippen molar-refractivity contribution in [1.82, 2.24) is 9.71 Å². The molecule has 0 spiro atoms. The molecule has 1 aromatic heterocycles. The monoisotopic (exact) mass is 459 g/mol. The summed E-state index contributed by atoms with van der Waals surface area (Å²) in [7, 11) is -1.70. The van der Waals surface area contributed by atoms with Crippen molar-refractivity contribution in [2.75, 3.05) is 31.4 Å². The zero-order chi connectivity index (χ0) is 22.6. The standard InChI is InChI=1S/C24H33N3O4S/c1-30-22-14-20(15-25-16-22)27-13-12-23(26-32(2,28)29)24(27)17-31-21-10-8-19(9-11-21)18-6-4-3-5-7-18/h3-7,14-16,19,21,23-24,26H,8-13,17H2,1-2H3/t19?,21?,23-,24-/m0/s1. The summed E-state index contributed by atoms with van der Waals surface area (Å²) in [6, 6.07) is 12.3. The molecule has 1 aliphatic carbocycles. The van der Waals surface area contributed by atoms with Crippen molar-refractivity contribution in [2.45, 2.75) is 56.2 Å². The molecule has 1 saturated heterocycles. The number of ether oxygens (including phenoxy) is 2. The third kappa shape index (κ3) is 5.79. The second kappa shape index (κ2) is 10.2. The first kappa shape index (κ1) is 23.0. The summed E-state index contributed by atoms with van der Waals surface area (Å²) in [6.45, 7) is 1.21. The Bertz CT molecular complexity index is 978. The van der Waals surface area contributed by atoms with Gasteiger partial charge >= 0.3 is 0 Å². The number of anilines is 1. The van der Waals surface area contributed by atoms with Gasteiger partial charge in [-0.25, -0.2) is 13.1 Å². The second-order valence-electron chi connectivity index (χ2n) is 8.85. The fourth-order valence-electron chi connectivity index (χ4n) is 4.99. The molecular formula is C24H33N3O4S. The Morgan fingerprint density at radius 3 is 2.53 bits per heavy atom. The Morgan fingerprint density at radius 1 is 1.09 bits per heavy atom. The lowest BCUT2D eigenvalue weighted by molar-refractivity contribution is 0.0157. The molecule has 1 aromatic carbocycles. The summed E-state index contributed by atoms with van der Waals surface area (Å²) in [5.41, 5.74) is 2.33. The van der Waals surface area contributed by atoms with Crippen LogP contribution in [0.1, 0.15) is 43.6 Å². The molecule has 174 valence electrons. The van der Waals surface area contributed by atoms with Gasteiger partial charge in [-0.2, -0.15) is 0 Å². The molecule has 2 aliphatic rings. The van der Waals surface area contributed by atoms with Crippen LogP contribution in [0.4, 0.5) is 5.69 Å². The van der Waals surface area contributed by atoms with E-state index in [1.165, 1.54) is 11.8 Å². The molecule has 0 amide bonds. The smallest absolute Gasteiger partial charge is 0.209 e. The summed E-state index contributed by atoms with van der Waals surface area (Å²) >= 11 is 0. The first-order chi connectivity index (χ1) is 15.4. The molecule has 1 aliphatic heterocycles. The van der Waals surface area contributed by atoms with E-state index in [2.05, 4.69) is 44.9 Å². The fraction of sp³-hybridized carbons (Fsp3) is 0.542. The van der Waals surface area contributed by atoms with Gasteiger partial charge in [-0.05, 0) is 43.6 Å². The number of aromatic nitrogens is 1. The summed E-state index contributed by atoms with van der Waals surface area (Å²) in [5, 5.41) is 0. The number of nitrogens with one attached hydrogen (secondary N) is 1. The SMILES string of the molecule is COc1cncc(N2CC[C@H](NS(C)(=O)=O)[C@@H]2COC2CCC(c3ccccc3)CC2)c1. The molecule has 7 nitrogen and oxygen atoms in total. The van der Waals surface area contributed by atoms with Crippen LogP contribution >= 0.6 is 0 Å². The van der Waals surface area contributed by atoms with Gasteiger partial charge in [-0.3, -0.25) is 4.98 Å². The van der Waals surface area contributed by atoms with Gasteiger partial charge in [0.05, 0.1) is 50.2 Å². The highest BCUT2D eigenvalue weighted by molar-refractivity contribution is 7.88. The molecule has 32 heavy (non-hydrogen) atoms. The first-order valence-electron chi connectivity index (χ1n) is 11.3. The molecule has 1 N–H and O–H groups in total. The Kier molecular flexibility index (Phi) is 7.33. The molecule has 2 aromatic rings. The number of methoxy groups -OCH3 is 1. The van der Waals surface area contributed by atoms with E-state index in [0.717, 1.165) is 44.3 Å². The maximum absolute atomic E-state index is 12.0. The zero-order valence-electron chi connectivity index (χ0n) is 18.8. The molecular weight excluding hydrogens is 426 g/mol. The number of pyridine rings is 1. The maximum Gasteiger partial charge on any atom is 0.209 e. The minimum Gasteiger partial charge on any atom is -0.495 e. The van der Waals surface area contributed by atoms with Crippen LogP contribution in [0.25, 0.3) is 0 Å². The van der Waals surface area contributed by atoms with Crippen molar-refractivity contribution in [1.29, 1.82) is 0 Å². The molecule has 2 atom stereocenters. The van der Waals surface area contributed by atoms with E-state index in [1.807, 2.05) is 6.07 Å². The van der Waals surface area contributed by atoms with Gasteiger partial charge in [0.1, 0.15) is 5.75 Å². The zero-order valence-corrected chi connectivity index (χ0v) is 19.6. The number of hydrogen-bond donors (Lipinski definition) is 1. The molecule has 0 bridgehead atoms. The second-order valence-corrected chi connectivity index (χ2v) is 10.6. The number of nitrogens with zero attached hydrogens (tertiary/aromatic N) is 2. The van der Waals surface area contributed by atoms with Crippen LogP contribution < -0.4 is 14.4 Å². The highest BCUT2D eigenvalue weighted by atomic mass is 32.2. The third-order valence-electron chi connectivity index (χ3n) is 6.63. The van der Waals surface area contributed by atoms with Gasteiger partial charge in [0, 0.05) is 18.7 Å². The van der Waals surface area contributed by atoms with Crippen LogP contribution in [0.3, 0.4) is 0 Å². The van der Waals surface area contributed by atoms with Gasteiger partial charge in [0.15, 0.2) is 0 Å². The summed E-state index contributed by atoms with van der Waals surface area (Å²) in [6.07, 6.45) is 9.90. The molecule has 4 rings (SSSR count). The lowest BCUT2D eigenvalue weighted by Crippen LogP contribution is -2.48. The fourth-order valence-corrected chi connectivity index (χ4v) is 5.82. The Balaban J connectivity index is 1.41.